The van der Waals surface area contributed by atoms with Gasteiger partial charge in [-0.1, -0.05) is 0 Å². The Morgan fingerprint density at radius 2 is 2.33 bits per heavy atom. The van der Waals surface area contributed by atoms with Crippen LogP contribution in [0, 0.1) is 13.8 Å². The van der Waals surface area contributed by atoms with E-state index in [1.54, 1.807) is 0 Å². The molecule has 0 aromatic carbocycles. The first-order valence-electron chi connectivity index (χ1n) is 6.41. The number of hydrogen-bond acceptors (Lipinski definition) is 4. The Hall–Kier alpha value is -1.33. The second-order valence-corrected chi connectivity index (χ2v) is 4.77. The third kappa shape index (κ3) is 2.57. The molecule has 0 amide bonds. The Labute approximate surface area is 108 Å². The molecule has 2 rings (SSSR count). The van der Waals surface area contributed by atoms with Gasteiger partial charge in [-0.25, -0.2) is 5.43 Å². The minimum Gasteiger partial charge on any atom is -0.496 e. The molecule has 2 heterocycles. The molecule has 0 saturated carbocycles. The number of hydrogen-bond donors (Lipinski definition) is 2. The van der Waals surface area contributed by atoms with Crippen molar-refractivity contribution in [3.05, 3.63) is 28.8 Å². The lowest BCUT2D eigenvalue weighted by Gasteiger charge is -2.17. The van der Waals surface area contributed by atoms with Crippen LogP contribution >= 0.6 is 0 Å². The molecule has 1 atom stereocenters. The summed E-state index contributed by atoms with van der Waals surface area (Å²) in [5, 5.41) is 4.43. The number of rotatable bonds is 5. The van der Waals surface area contributed by atoms with Crippen LogP contribution in [0.15, 0.2) is 11.8 Å². The van der Waals surface area contributed by atoms with Gasteiger partial charge in [-0.3, -0.25) is 10.5 Å². The molecule has 0 radical (unpaired) electrons. The van der Waals surface area contributed by atoms with Crippen molar-refractivity contribution < 1.29 is 4.74 Å². The van der Waals surface area contributed by atoms with E-state index in [1.807, 2.05) is 11.7 Å². The van der Waals surface area contributed by atoms with Crippen molar-refractivity contribution in [2.24, 2.45) is 12.9 Å². The van der Waals surface area contributed by atoms with Crippen molar-refractivity contribution >= 4 is 0 Å². The molecule has 5 nitrogen and oxygen atoms in total. The molecular formula is C13H22N4O. The Morgan fingerprint density at radius 1 is 1.56 bits per heavy atom. The zero-order chi connectivity index (χ0) is 13.1. The lowest BCUT2D eigenvalue weighted by Crippen LogP contribution is -2.37. The average Bonchev–Trinajstić information content (AvgIpc) is 2.94. The molecule has 3 N–H and O–H groups in total. The monoisotopic (exact) mass is 250 g/mol. The van der Waals surface area contributed by atoms with Gasteiger partial charge in [-0.15, -0.1) is 0 Å². The Kier molecular flexibility index (Phi) is 4.04. The lowest BCUT2D eigenvalue weighted by atomic mass is 10.0. The van der Waals surface area contributed by atoms with E-state index in [2.05, 4.69) is 30.4 Å². The van der Waals surface area contributed by atoms with Crippen LogP contribution < -0.4 is 11.3 Å². The summed E-state index contributed by atoms with van der Waals surface area (Å²) in [6, 6.07) is 0.103. The predicted octanol–water partition coefficient (Wildman–Crippen LogP) is 1.11. The topological polar surface area (TPSA) is 65.1 Å². The van der Waals surface area contributed by atoms with Crippen LogP contribution in [0.4, 0.5) is 0 Å². The molecule has 100 valence electrons. The Morgan fingerprint density at radius 3 is 2.83 bits per heavy atom. The molecule has 0 bridgehead atoms. The van der Waals surface area contributed by atoms with Crippen LogP contribution in [0.1, 0.15) is 29.8 Å². The van der Waals surface area contributed by atoms with E-state index < -0.39 is 0 Å². The standard InChI is InChI=1S/C13H22N4O/c1-9-11(10(2)17(3)16-9)6-7-12(15-14)13-5-4-8-18-13/h5,12,15H,4,6-8,14H2,1-3H3. The van der Waals surface area contributed by atoms with Crippen LogP contribution in [0.2, 0.25) is 0 Å². The molecule has 1 aromatic rings. The third-order valence-electron chi connectivity index (χ3n) is 3.62. The van der Waals surface area contributed by atoms with E-state index in [-0.39, 0.29) is 6.04 Å². The number of nitrogens with zero attached hydrogens (tertiary/aromatic N) is 2. The quantitative estimate of drug-likeness (QED) is 0.607. The number of nitrogens with two attached hydrogens (primary N) is 1. The molecular weight excluding hydrogens is 228 g/mol. The van der Waals surface area contributed by atoms with Crippen LogP contribution in [0.3, 0.4) is 0 Å². The molecule has 18 heavy (non-hydrogen) atoms. The summed E-state index contributed by atoms with van der Waals surface area (Å²) in [6.07, 6.45) is 4.99. The van der Waals surface area contributed by atoms with Gasteiger partial charge in [-0.05, 0) is 38.3 Å². The van der Waals surface area contributed by atoms with Crippen molar-refractivity contribution in [1.82, 2.24) is 15.2 Å². The van der Waals surface area contributed by atoms with Crippen molar-refractivity contribution in [2.75, 3.05) is 6.61 Å². The van der Waals surface area contributed by atoms with E-state index >= 15 is 0 Å². The van der Waals surface area contributed by atoms with Crippen molar-refractivity contribution in [3.8, 4) is 0 Å². The van der Waals surface area contributed by atoms with Crippen LogP contribution in [0.5, 0.6) is 0 Å². The van der Waals surface area contributed by atoms with Crippen molar-refractivity contribution in [3.63, 3.8) is 0 Å². The summed E-state index contributed by atoms with van der Waals surface area (Å²) in [5.74, 6) is 6.59. The molecule has 1 aliphatic heterocycles. The van der Waals surface area contributed by atoms with Crippen LogP contribution in [-0.4, -0.2) is 22.4 Å². The van der Waals surface area contributed by atoms with Gasteiger partial charge in [0.05, 0.1) is 18.3 Å². The first kappa shape index (κ1) is 13.1. The normalized spacial score (nSPS) is 16.6. The van der Waals surface area contributed by atoms with Gasteiger partial charge in [0.1, 0.15) is 5.76 Å². The second-order valence-electron chi connectivity index (χ2n) is 4.77. The van der Waals surface area contributed by atoms with Gasteiger partial charge in [-0.2, -0.15) is 5.10 Å². The molecule has 1 aliphatic rings. The maximum atomic E-state index is 5.61. The summed E-state index contributed by atoms with van der Waals surface area (Å²) < 4.78 is 7.49. The second kappa shape index (κ2) is 5.54. The fraction of sp³-hybridized carbons (Fsp3) is 0.615. The van der Waals surface area contributed by atoms with E-state index in [0.29, 0.717) is 0 Å². The van der Waals surface area contributed by atoms with Gasteiger partial charge in [0, 0.05) is 19.2 Å². The van der Waals surface area contributed by atoms with Gasteiger partial charge < -0.3 is 4.74 Å². The lowest BCUT2D eigenvalue weighted by molar-refractivity contribution is 0.212. The van der Waals surface area contributed by atoms with Crippen LogP contribution in [0.25, 0.3) is 0 Å². The molecule has 0 saturated heterocycles. The third-order valence-corrected chi connectivity index (χ3v) is 3.62. The first-order chi connectivity index (χ1) is 8.63. The summed E-state index contributed by atoms with van der Waals surface area (Å²) in [7, 11) is 1.98. The first-order valence-corrected chi connectivity index (χ1v) is 6.41. The van der Waals surface area contributed by atoms with Crippen molar-refractivity contribution in [2.45, 2.75) is 39.2 Å². The highest BCUT2D eigenvalue weighted by Gasteiger charge is 2.19. The maximum Gasteiger partial charge on any atom is 0.110 e. The Balaban J connectivity index is 2.01. The fourth-order valence-electron chi connectivity index (χ4n) is 2.46. The number of aromatic nitrogens is 2. The Bertz CT molecular complexity index is 450. The number of ether oxygens (including phenoxy) is 1. The smallest absolute Gasteiger partial charge is 0.110 e. The zero-order valence-electron chi connectivity index (χ0n) is 11.4. The maximum absolute atomic E-state index is 5.61. The van der Waals surface area contributed by atoms with E-state index in [4.69, 9.17) is 10.6 Å². The number of hydrazine groups is 1. The van der Waals surface area contributed by atoms with Gasteiger partial charge >= 0.3 is 0 Å². The molecule has 0 spiro atoms. The summed E-state index contributed by atoms with van der Waals surface area (Å²) in [4.78, 5) is 0. The summed E-state index contributed by atoms with van der Waals surface area (Å²) in [6.45, 7) is 4.93. The fourth-order valence-corrected chi connectivity index (χ4v) is 2.46. The SMILES string of the molecule is Cc1nn(C)c(C)c1CCC(NN)C1=CCCO1. The molecule has 1 unspecified atom stereocenters. The highest BCUT2D eigenvalue weighted by molar-refractivity contribution is 5.25. The average molecular weight is 250 g/mol. The predicted molar refractivity (Wildman–Crippen MR) is 70.8 cm³/mol. The molecule has 0 aliphatic carbocycles. The molecule has 1 aromatic heterocycles. The minimum absolute atomic E-state index is 0.103. The van der Waals surface area contributed by atoms with E-state index in [0.717, 1.165) is 37.3 Å². The van der Waals surface area contributed by atoms with Gasteiger partial charge in [0.25, 0.3) is 0 Å². The molecule has 5 heteroatoms. The number of aryl methyl sites for hydroxylation is 2. The minimum atomic E-state index is 0.103. The summed E-state index contributed by atoms with van der Waals surface area (Å²) in [5.41, 5.74) is 6.49. The zero-order valence-corrected chi connectivity index (χ0v) is 11.4. The van der Waals surface area contributed by atoms with Gasteiger partial charge in [0.15, 0.2) is 0 Å². The van der Waals surface area contributed by atoms with Crippen molar-refractivity contribution in [1.29, 1.82) is 0 Å². The van der Waals surface area contributed by atoms with E-state index in [9.17, 15) is 0 Å². The van der Waals surface area contributed by atoms with E-state index in [1.165, 1.54) is 11.3 Å². The largest absolute Gasteiger partial charge is 0.496 e. The van der Waals surface area contributed by atoms with Crippen LogP contribution in [-0.2, 0) is 18.2 Å². The number of nitrogens with one attached hydrogen (secondary N) is 1. The summed E-state index contributed by atoms with van der Waals surface area (Å²) >= 11 is 0. The highest BCUT2D eigenvalue weighted by atomic mass is 16.5. The highest BCUT2D eigenvalue weighted by Crippen LogP contribution is 2.20. The molecule has 0 fully saturated rings. The van der Waals surface area contributed by atoms with Gasteiger partial charge in [0.2, 0.25) is 0 Å².